The topological polar surface area (TPSA) is 0 Å². The molecular weight excluding hydrogens is 556 g/mol. The fraction of sp³-hybridized carbons (Fsp3) is 0.727. The third-order valence-electron chi connectivity index (χ3n) is 9.64. The summed E-state index contributed by atoms with van der Waals surface area (Å²) in [6, 6.07) is 21.8. The summed E-state index contributed by atoms with van der Waals surface area (Å²) in [5.74, 6) is 0. The van der Waals surface area contributed by atoms with E-state index < -0.39 is 0 Å². The number of hydrogen-bond acceptors (Lipinski definition) is 0. The third-order valence-corrected chi connectivity index (χ3v) is 9.64. The molecule has 2 aromatic carbocycles. The molecule has 0 aliphatic carbocycles. The van der Waals surface area contributed by atoms with Gasteiger partial charge >= 0.3 is 0 Å². The lowest BCUT2D eigenvalue weighted by Crippen LogP contribution is -2.39. The van der Waals surface area contributed by atoms with Crippen LogP contribution in [-0.4, -0.2) is 50.2 Å². The second kappa shape index (κ2) is 28.4. The summed E-state index contributed by atoms with van der Waals surface area (Å²) >= 11 is 0. The van der Waals surface area contributed by atoms with Crippen LogP contribution in [0, 0.1) is 0 Å². The molecule has 264 valence electrons. The minimum absolute atomic E-state index is 1.11. The smallest absolute Gasteiger partial charge is 0.104 e. The Hall–Kier alpha value is -1.64. The van der Waals surface area contributed by atoms with Crippen molar-refractivity contribution in [1.82, 2.24) is 0 Å². The first-order chi connectivity index (χ1) is 22.3. The van der Waals surface area contributed by atoms with Gasteiger partial charge in [0.15, 0.2) is 0 Å². The molecule has 0 aromatic heterocycles. The first-order valence-electron chi connectivity index (χ1n) is 20.0. The Morgan fingerprint density at radius 1 is 0.326 bits per heavy atom. The number of rotatable bonds is 28. The molecule has 0 aliphatic rings. The maximum absolute atomic E-state index is 2.36. The lowest BCUT2D eigenvalue weighted by atomic mass is 10.1. The molecule has 2 heteroatoms. The largest absolute Gasteiger partial charge is 0.325 e. The normalized spacial score (nSPS) is 11.8. The highest BCUT2D eigenvalue weighted by Crippen LogP contribution is 2.16. The van der Waals surface area contributed by atoms with Crippen LogP contribution in [0.3, 0.4) is 0 Å². The minimum Gasteiger partial charge on any atom is -0.325 e. The van der Waals surface area contributed by atoms with Gasteiger partial charge in [0.2, 0.25) is 0 Å². The summed E-state index contributed by atoms with van der Waals surface area (Å²) in [7, 11) is 9.46. The number of nitrogens with zero attached hydrogens (tertiary/aromatic N) is 2. The molecule has 0 amide bonds. The van der Waals surface area contributed by atoms with Crippen LogP contribution in [0.5, 0.6) is 0 Å². The predicted molar refractivity (Wildman–Crippen MR) is 207 cm³/mol. The van der Waals surface area contributed by atoms with Gasteiger partial charge < -0.3 is 8.97 Å². The van der Waals surface area contributed by atoms with Crippen LogP contribution in [0.15, 0.2) is 60.7 Å². The molecule has 0 aliphatic heterocycles. The molecule has 0 spiro atoms. The summed E-state index contributed by atoms with van der Waals surface area (Å²) in [6.45, 7) is 9.48. The van der Waals surface area contributed by atoms with Gasteiger partial charge in [-0.15, -0.1) is 0 Å². The Bertz CT molecular complexity index is 813. The van der Waals surface area contributed by atoms with Crippen molar-refractivity contribution in [3.63, 3.8) is 0 Å². The minimum atomic E-state index is 1.11. The van der Waals surface area contributed by atoms with Crippen molar-refractivity contribution in [1.29, 1.82) is 0 Å². The van der Waals surface area contributed by atoms with E-state index in [1.165, 1.54) is 165 Å². The van der Waals surface area contributed by atoms with Crippen molar-refractivity contribution < 1.29 is 8.97 Å². The molecule has 0 bridgehead atoms. The summed E-state index contributed by atoms with van der Waals surface area (Å²) in [4.78, 5) is 0. The monoisotopic (exact) mass is 637 g/mol. The highest BCUT2D eigenvalue weighted by Gasteiger charge is 2.16. The summed E-state index contributed by atoms with van der Waals surface area (Å²) < 4.78 is 2.23. The second-order valence-corrected chi connectivity index (χ2v) is 15.7. The zero-order chi connectivity index (χ0) is 33.6. The zero-order valence-corrected chi connectivity index (χ0v) is 32.1. The van der Waals surface area contributed by atoms with E-state index in [9.17, 15) is 0 Å². The molecule has 46 heavy (non-hydrogen) atoms. The van der Waals surface area contributed by atoms with Crippen LogP contribution < -0.4 is 0 Å². The van der Waals surface area contributed by atoms with Crippen LogP contribution in [-0.2, 0) is 13.1 Å². The van der Waals surface area contributed by atoms with E-state index in [2.05, 4.69) is 103 Å². The van der Waals surface area contributed by atoms with E-state index in [0.29, 0.717) is 0 Å². The van der Waals surface area contributed by atoms with Crippen LogP contribution >= 0.6 is 0 Å². The average Bonchev–Trinajstić information content (AvgIpc) is 3.03. The van der Waals surface area contributed by atoms with Crippen molar-refractivity contribution in [3.05, 3.63) is 71.8 Å². The molecule has 2 nitrogen and oxygen atoms in total. The van der Waals surface area contributed by atoms with Crippen LogP contribution in [0.2, 0.25) is 0 Å². The quantitative estimate of drug-likeness (QED) is 0.0644. The summed E-state index contributed by atoms with van der Waals surface area (Å²) in [5, 5.41) is 0. The molecule has 0 unspecified atom stereocenters. The molecule has 0 atom stereocenters. The zero-order valence-electron chi connectivity index (χ0n) is 32.1. The van der Waals surface area contributed by atoms with Gasteiger partial charge in [-0.1, -0.05) is 190 Å². The number of unbranched alkanes of at least 4 members (excludes halogenated alkanes) is 20. The van der Waals surface area contributed by atoms with Gasteiger partial charge in [-0.2, -0.15) is 0 Å². The van der Waals surface area contributed by atoms with Gasteiger partial charge in [-0.05, 0) is 25.7 Å². The van der Waals surface area contributed by atoms with E-state index in [1.807, 2.05) is 0 Å². The highest BCUT2D eigenvalue weighted by atomic mass is 15.3. The molecule has 2 rings (SSSR count). The standard InChI is InChI=1S/2C22H40N/c2*1-4-5-6-7-8-9-10-11-12-13-17-20-23(2,3)21-22-18-15-14-16-19-22/h2*14-16,18-19H,4-13,17,20-21H2,1-3H3/q2*+1. The molecule has 0 radical (unpaired) electrons. The lowest BCUT2D eigenvalue weighted by Gasteiger charge is -2.30. The summed E-state index contributed by atoms with van der Waals surface area (Å²) in [5.41, 5.74) is 2.92. The Kier molecular flexibility index (Phi) is 26.1. The molecule has 2 aromatic rings. The number of benzene rings is 2. The first-order valence-corrected chi connectivity index (χ1v) is 20.0. The molecule has 0 heterocycles. The van der Waals surface area contributed by atoms with Gasteiger partial charge in [0.1, 0.15) is 13.1 Å². The van der Waals surface area contributed by atoms with Crippen molar-refractivity contribution in [2.24, 2.45) is 0 Å². The Morgan fingerprint density at radius 3 is 0.826 bits per heavy atom. The molecule has 0 saturated heterocycles. The van der Waals surface area contributed by atoms with Gasteiger partial charge in [0.05, 0.1) is 41.3 Å². The van der Waals surface area contributed by atoms with Gasteiger partial charge in [0.25, 0.3) is 0 Å². The van der Waals surface area contributed by atoms with E-state index in [4.69, 9.17) is 0 Å². The SMILES string of the molecule is CCCCCCCCCCCCC[N+](C)(C)Cc1ccccc1.CCCCCCCCCCCCC[N+](C)(C)Cc1ccccc1. The average molecular weight is 637 g/mol. The Balaban J connectivity index is 0.000000460. The van der Waals surface area contributed by atoms with Gasteiger partial charge in [-0.25, -0.2) is 0 Å². The van der Waals surface area contributed by atoms with E-state index >= 15 is 0 Å². The maximum Gasteiger partial charge on any atom is 0.104 e. The van der Waals surface area contributed by atoms with Crippen molar-refractivity contribution >= 4 is 0 Å². The fourth-order valence-electron chi connectivity index (χ4n) is 6.72. The van der Waals surface area contributed by atoms with Crippen LogP contribution in [0.25, 0.3) is 0 Å². The van der Waals surface area contributed by atoms with Crippen LogP contribution in [0.4, 0.5) is 0 Å². The van der Waals surface area contributed by atoms with E-state index in [0.717, 1.165) is 22.1 Å². The van der Waals surface area contributed by atoms with Crippen molar-refractivity contribution in [2.75, 3.05) is 41.3 Å². The van der Waals surface area contributed by atoms with E-state index in [-0.39, 0.29) is 0 Å². The fourth-order valence-corrected chi connectivity index (χ4v) is 6.72. The highest BCUT2D eigenvalue weighted by molar-refractivity contribution is 5.14. The van der Waals surface area contributed by atoms with Crippen molar-refractivity contribution in [3.8, 4) is 0 Å². The second-order valence-electron chi connectivity index (χ2n) is 15.7. The number of quaternary nitrogens is 2. The third kappa shape index (κ3) is 26.4. The molecule has 0 fully saturated rings. The van der Waals surface area contributed by atoms with Gasteiger partial charge in [0, 0.05) is 11.1 Å². The molecule has 0 saturated carbocycles. The lowest BCUT2D eigenvalue weighted by molar-refractivity contribution is -0.903. The predicted octanol–water partition coefficient (Wildman–Crippen LogP) is 13.1. The van der Waals surface area contributed by atoms with E-state index in [1.54, 1.807) is 0 Å². The molecule has 0 N–H and O–H groups in total. The Morgan fingerprint density at radius 2 is 0.565 bits per heavy atom. The number of hydrogen-bond donors (Lipinski definition) is 0. The summed E-state index contributed by atoms with van der Waals surface area (Å²) in [6.07, 6.45) is 31.4. The first kappa shape index (κ1) is 42.4. The molecular formula is C44H80N2+2. The van der Waals surface area contributed by atoms with Crippen molar-refractivity contribution in [2.45, 2.75) is 168 Å². The van der Waals surface area contributed by atoms with Gasteiger partial charge in [-0.3, -0.25) is 0 Å². The van der Waals surface area contributed by atoms with Crippen LogP contribution in [0.1, 0.15) is 166 Å². The Labute approximate surface area is 289 Å². The maximum atomic E-state index is 2.36.